The SMILES string of the molecule is C/C(=N\Nc1ncnc2c1oc1ccccc12)c1cc(Br)ccc1O. The number of benzene rings is 2. The van der Waals surface area contributed by atoms with Gasteiger partial charge in [0.25, 0.3) is 0 Å². The van der Waals surface area contributed by atoms with Crippen LogP contribution in [0.15, 0.2) is 62.8 Å². The molecule has 0 fully saturated rings. The van der Waals surface area contributed by atoms with E-state index in [1.54, 1.807) is 25.1 Å². The van der Waals surface area contributed by atoms with E-state index in [1.165, 1.54) is 6.33 Å². The summed E-state index contributed by atoms with van der Waals surface area (Å²) >= 11 is 3.39. The van der Waals surface area contributed by atoms with Gasteiger partial charge in [-0.1, -0.05) is 28.1 Å². The third-order valence-corrected chi connectivity index (χ3v) is 4.33. The van der Waals surface area contributed by atoms with E-state index in [0.717, 1.165) is 21.0 Å². The molecule has 0 saturated carbocycles. The minimum atomic E-state index is 0.155. The molecule has 6 nitrogen and oxygen atoms in total. The smallest absolute Gasteiger partial charge is 0.197 e. The third kappa shape index (κ3) is 2.83. The zero-order valence-electron chi connectivity index (χ0n) is 13.2. The highest BCUT2D eigenvalue weighted by Gasteiger charge is 2.13. The van der Waals surface area contributed by atoms with E-state index in [0.29, 0.717) is 22.7 Å². The number of fused-ring (bicyclic) bond motifs is 3. The van der Waals surface area contributed by atoms with Crippen LogP contribution in [0.4, 0.5) is 5.82 Å². The summed E-state index contributed by atoms with van der Waals surface area (Å²) in [6.07, 6.45) is 1.47. The number of anilines is 1. The van der Waals surface area contributed by atoms with Crippen LogP contribution in [0.5, 0.6) is 5.75 Å². The fraction of sp³-hybridized carbons (Fsp3) is 0.0556. The lowest BCUT2D eigenvalue weighted by atomic mass is 10.1. The number of hydrogen-bond acceptors (Lipinski definition) is 6. The van der Waals surface area contributed by atoms with Gasteiger partial charge < -0.3 is 9.52 Å². The molecule has 0 bridgehead atoms. The molecule has 0 saturated heterocycles. The van der Waals surface area contributed by atoms with E-state index in [1.807, 2.05) is 24.3 Å². The normalized spacial score (nSPS) is 12.0. The Bertz CT molecular complexity index is 1120. The van der Waals surface area contributed by atoms with Crippen molar-refractivity contribution in [3.8, 4) is 5.75 Å². The maximum Gasteiger partial charge on any atom is 0.197 e. The topological polar surface area (TPSA) is 83.5 Å². The number of phenols is 1. The van der Waals surface area contributed by atoms with Gasteiger partial charge in [-0.15, -0.1) is 0 Å². The number of aromatic nitrogens is 2. The van der Waals surface area contributed by atoms with E-state index in [2.05, 4.69) is 36.4 Å². The molecule has 2 N–H and O–H groups in total. The van der Waals surface area contributed by atoms with E-state index in [9.17, 15) is 5.11 Å². The van der Waals surface area contributed by atoms with Gasteiger partial charge in [0.05, 0.1) is 5.71 Å². The Morgan fingerprint density at radius 2 is 2.04 bits per heavy atom. The molecule has 0 radical (unpaired) electrons. The zero-order chi connectivity index (χ0) is 17.4. The van der Waals surface area contributed by atoms with Crippen molar-refractivity contribution in [3.05, 3.63) is 58.8 Å². The molecule has 2 heterocycles. The Labute approximate surface area is 151 Å². The molecule has 2 aromatic carbocycles. The summed E-state index contributed by atoms with van der Waals surface area (Å²) in [5.74, 6) is 0.623. The molecule has 0 spiro atoms. The number of phenolic OH excluding ortho intramolecular Hbond substituents is 1. The predicted octanol–water partition coefficient (Wildman–Crippen LogP) is 4.68. The first kappa shape index (κ1) is 15.6. The molecular weight excluding hydrogens is 384 g/mol. The van der Waals surface area contributed by atoms with Gasteiger partial charge in [-0.3, -0.25) is 5.43 Å². The van der Waals surface area contributed by atoms with Gasteiger partial charge in [-0.2, -0.15) is 5.10 Å². The van der Waals surface area contributed by atoms with E-state index >= 15 is 0 Å². The van der Waals surface area contributed by atoms with Gasteiger partial charge in [0.1, 0.15) is 23.2 Å². The van der Waals surface area contributed by atoms with Crippen molar-refractivity contribution in [2.24, 2.45) is 5.10 Å². The van der Waals surface area contributed by atoms with Gasteiger partial charge >= 0.3 is 0 Å². The summed E-state index contributed by atoms with van der Waals surface area (Å²) < 4.78 is 6.71. The quantitative estimate of drug-likeness (QED) is 0.387. The molecule has 7 heteroatoms. The maximum atomic E-state index is 10.00. The van der Waals surface area contributed by atoms with Gasteiger partial charge in [0.2, 0.25) is 0 Å². The second kappa shape index (κ2) is 6.18. The van der Waals surface area contributed by atoms with Gasteiger partial charge in [-0.05, 0) is 37.3 Å². The van der Waals surface area contributed by atoms with Crippen molar-refractivity contribution >= 4 is 49.5 Å². The molecule has 0 aliphatic carbocycles. The highest BCUT2D eigenvalue weighted by molar-refractivity contribution is 9.10. The fourth-order valence-electron chi connectivity index (χ4n) is 2.60. The predicted molar refractivity (Wildman–Crippen MR) is 101 cm³/mol. The summed E-state index contributed by atoms with van der Waals surface area (Å²) in [4.78, 5) is 8.51. The molecule has 0 aliphatic rings. The van der Waals surface area contributed by atoms with Crippen LogP contribution in [0.2, 0.25) is 0 Å². The first-order valence-electron chi connectivity index (χ1n) is 7.55. The van der Waals surface area contributed by atoms with Crippen LogP contribution >= 0.6 is 15.9 Å². The number of hydrogen-bond donors (Lipinski definition) is 2. The van der Waals surface area contributed by atoms with Crippen molar-refractivity contribution < 1.29 is 9.52 Å². The second-order valence-electron chi connectivity index (χ2n) is 5.47. The largest absolute Gasteiger partial charge is 0.507 e. The first-order valence-corrected chi connectivity index (χ1v) is 8.34. The monoisotopic (exact) mass is 396 g/mol. The van der Waals surface area contributed by atoms with Crippen LogP contribution in [-0.4, -0.2) is 20.8 Å². The van der Waals surface area contributed by atoms with Crippen LogP contribution in [0.3, 0.4) is 0 Å². The lowest BCUT2D eigenvalue weighted by Crippen LogP contribution is -2.01. The second-order valence-corrected chi connectivity index (χ2v) is 6.38. The average Bonchev–Trinajstić information content (AvgIpc) is 3.01. The Hall–Kier alpha value is -2.93. The molecule has 0 aliphatic heterocycles. The number of hydrazone groups is 1. The minimum Gasteiger partial charge on any atom is -0.507 e. The number of para-hydroxylation sites is 1. The molecule has 4 aromatic rings. The first-order chi connectivity index (χ1) is 12.1. The van der Waals surface area contributed by atoms with E-state index in [-0.39, 0.29) is 5.75 Å². The molecule has 0 atom stereocenters. The third-order valence-electron chi connectivity index (χ3n) is 3.84. The highest BCUT2D eigenvalue weighted by atomic mass is 79.9. The lowest BCUT2D eigenvalue weighted by molar-refractivity contribution is 0.474. The van der Waals surface area contributed by atoms with Crippen LogP contribution in [0.1, 0.15) is 12.5 Å². The Morgan fingerprint density at radius 3 is 2.92 bits per heavy atom. The molecule has 2 aromatic heterocycles. The standard InChI is InChI=1S/C18H13BrN4O2/c1-10(13-8-11(19)6-7-14(13)24)22-23-18-17-16(20-9-21-18)12-4-2-3-5-15(12)25-17/h2-9,24H,1H3,(H,20,21,23)/b22-10+. The number of rotatable bonds is 3. The number of aromatic hydroxyl groups is 1. The number of furan rings is 1. The molecule has 4 rings (SSSR count). The highest BCUT2D eigenvalue weighted by Crippen LogP contribution is 2.30. The summed E-state index contributed by atoms with van der Waals surface area (Å²) in [5.41, 5.74) is 6.16. The van der Waals surface area contributed by atoms with Crippen LogP contribution < -0.4 is 5.43 Å². The zero-order valence-corrected chi connectivity index (χ0v) is 14.8. The van der Waals surface area contributed by atoms with Crippen molar-refractivity contribution in [3.63, 3.8) is 0 Å². The van der Waals surface area contributed by atoms with Gasteiger partial charge in [0, 0.05) is 15.4 Å². The van der Waals surface area contributed by atoms with Crippen molar-refractivity contribution in [2.75, 3.05) is 5.43 Å². The summed E-state index contributed by atoms with van der Waals surface area (Å²) in [7, 11) is 0. The number of nitrogens with one attached hydrogen (secondary N) is 1. The van der Waals surface area contributed by atoms with E-state index in [4.69, 9.17) is 4.42 Å². The van der Waals surface area contributed by atoms with Crippen LogP contribution in [0.25, 0.3) is 22.1 Å². The Morgan fingerprint density at radius 1 is 1.20 bits per heavy atom. The summed E-state index contributed by atoms with van der Waals surface area (Å²) in [6.45, 7) is 1.80. The summed E-state index contributed by atoms with van der Waals surface area (Å²) in [5, 5.41) is 15.2. The maximum absolute atomic E-state index is 10.00. The van der Waals surface area contributed by atoms with Crippen LogP contribution in [-0.2, 0) is 0 Å². The molecular formula is C18H13BrN4O2. The Balaban J connectivity index is 1.74. The number of nitrogens with zero attached hydrogens (tertiary/aromatic N) is 3. The lowest BCUT2D eigenvalue weighted by Gasteiger charge is -2.06. The average molecular weight is 397 g/mol. The molecule has 124 valence electrons. The molecule has 0 amide bonds. The van der Waals surface area contributed by atoms with Gasteiger partial charge in [0.15, 0.2) is 11.4 Å². The molecule has 25 heavy (non-hydrogen) atoms. The van der Waals surface area contributed by atoms with Crippen molar-refractivity contribution in [1.29, 1.82) is 0 Å². The summed E-state index contributed by atoms with van der Waals surface area (Å²) in [6, 6.07) is 12.9. The van der Waals surface area contributed by atoms with Crippen LogP contribution in [0, 0.1) is 0 Å². The van der Waals surface area contributed by atoms with Gasteiger partial charge in [-0.25, -0.2) is 9.97 Å². The molecule has 0 unspecified atom stereocenters. The van der Waals surface area contributed by atoms with E-state index < -0.39 is 0 Å². The van der Waals surface area contributed by atoms with Crippen molar-refractivity contribution in [2.45, 2.75) is 6.92 Å². The minimum absolute atomic E-state index is 0.155. The number of halogens is 1. The Kier molecular flexibility index (Phi) is 3.85. The van der Waals surface area contributed by atoms with Crippen molar-refractivity contribution in [1.82, 2.24) is 9.97 Å². The fourth-order valence-corrected chi connectivity index (χ4v) is 2.96.